The summed E-state index contributed by atoms with van der Waals surface area (Å²) >= 11 is 5.86. The Kier molecular flexibility index (Phi) is 3.19. The van der Waals surface area contributed by atoms with E-state index in [1.807, 2.05) is 0 Å². The molecule has 1 fully saturated rings. The van der Waals surface area contributed by atoms with Gasteiger partial charge < -0.3 is 15.7 Å². The normalized spacial score (nSPS) is 14.2. The first kappa shape index (κ1) is 11.7. The van der Waals surface area contributed by atoms with E-state index in [0.717, 1.165) is 12.8 Å². The Balaban J connectivity index is 2.09. The lowest BCUT2D eigenvalue weighted by Crippen LogP contribution is -2.30. The first-order chi connectivity index (χ1) is 8.06. The fourth-order valence-corrected chi connectivity index (χ4v) is 1.49. The standard InChI is InChI=1S/C11H11ClN2O3/c12-8-4-1-6(10(15)16)5-9(8)14-11(17)13-7-2-3-7/h1,4-5,7H,2-3H2,(H,15,16)(H2,13,14,17). The molecule has 1 aromatic carbocycles. The average molecular weight is 255 g/mol. The van der Waals surface area contributed by atoms with Crippen molar-refractivity contribution >= 4 is 29.3 Å². The van der Waals surface area contributed by atoms with Gasteiger partial charge in [-0.15, -0.1) is 0 Å². The molecule has 0 radical (unpaired) electrons. The second kappa shape index (κ2) is 4.63. The monoisotopic (exact) mass is 254 g/mol. The molecule has 90 valence electrons. The summed E-state index contributed by atoms with van der Waals surface area (Å²) in [5.41, 5.74) is 0.376. The Morgan fingerprint density at radius 3 is 2.65 bits per heavy atom. The van der Waals surface area contributed by atoms with E-state index in [9.17, 15) is 9.59 Å². The van der Waals surface area contributed by atoms with Gasteiger partial charge in [-0.2, -0.15) is 0 Å². The first-order valence-electron chi connectivity index (χ1n) is 5.16. The molecule has 0 saturated heterocycles. The summed E-state index contributed by atoms with van der Waals surface area (Å²) in [4.78, 5) is 22.2. The molecule has 0 bridgehead atoms. The molecule has 0 heterocycles. The third-order valence-electron chi connectivity index (χ3n) is 2.37. The van der Waals surface area contributed by atoms with Gasteiger partial charge >= 0.3 is 12.0 Å². The third kappa shape index (κ3) is 3.10. The number of nitrogens with one attached hydrogen (secondary N) is 2. The number of benzene rings is 1. The van der Waals surface area contributed by atoms with E-state index in [-0.39, 0.29) is 17.6 Å². The van der Waals surface area contributed by atoms with Gasteiger partial charge in [-0.05, 0) is 31.0 Å². The van der Waals surface area contributed by atoms with Crippen LogP contribution in [0.15, 0.2) is 18.2 Å². The van der Waals surface area contributed by atoms with Crippen LogP contribution in [0.2, 0.25) is 5.02 Å². The number of carboxylic acids is 1. The molecular weight excluding hydrogens is 244 g/mol. The molecule has 1 saturated carbocycles. The number of carbonyl (C=O) groups is 2. The van der Waals surface area contributed by atoms with E-state index in [4.69, 9.17) is 16.7 Å². The maximum Gasteiger partial charge on any atom is 0.335 e. The fraction of sp³-hybridized carbons (Fsp3) is 0.273. The Labute approximate surface area is 103 Å². The van der Waals surface area contributed by atoms with Crippen molar-refractivity contribution in [2.45, 2.75) is 18.9 Å². The van der Waals surface area contributed by atoms with E-state index >= 15 is 0 Å². The van der Waals surface area contributed by atoms with Crippen molar-refractivity contribution in [3.63, 3.8) is 0 Å². The maximum atomic E-state index is 11.5. The predicted octanol–water partition coefficient (Wildman–Crippen LogP) is 2.32. The molecule has 6 heteroatoms. The third-order valence-corrected chi connectivity index (χ3v) is 2.70. The Bertz CT molecular complexity index is 472. The highest BCUT2D eigenvalue weighted by atomic mass is 35.5. The lowest BCUT2D eigenvalue weighted by atomic mass is 10.2. The van der Waals surface area contributed by atoms with Crippen LogP contribution in [-0.4, -0.2) is 23.1 Å². The predicted molar refractivity (Wildman–Crippen MR) is 63.6 cm³/mol. The van der Waals surface area contributed by atoms with Crippen LogP contribution in [-0.2, 0) is 0 Å². The number of amides is 2. The van der Waals surface area contributed by atoms with E-state index in [2.05, 4.69) is 10.6 Å². The Morgan fingerprint density at radius 1 is 1.35 bits per heavy atom. The molecule has 0 aliphatic heterocycles. The van der Waals surface area contributed by atoms with E-state index in [0.29, 0.717) is 10.7 Å². The molecule has 0 atom stereocenters. The lowest BCUT2D eigenvalue weighted by molar-refractivity contribution is 0.0697. The van der Waals surface area contributed by atoms with Gasteiger partial charge in [-0.25, -0.2) is 9.59 Å². The SMILES string of the molecule is O=C(Nc1cc(C(=O)O)ccc1Cl)NC1CC1. The highest BCUT2D eigenvalue weighted by Gasteiger charge is 2.23. The second-order valence-corrected chi connectivity index (χ2v) is 4.28. The minimum absolute atomic E-state index is 0.0797. The molecule has 17 heavy (non-hydrogen) atoms. The molecule has 1 aliphatic rings. The van der Waals surface area contributed by atoms with Crippen LogP contribution < -0.4 is 10.6 Å². The first-order valence-corrected chi connectivity index (χ1v) is 5.54. The summed E-state index contributed by atoms with van der Waals surface area (Å²) < 4.78 is 0. The summed E-state index contributed by atoms with van der Waals surface area (Å²) in [6.07, 6.45) is 1.96. The number of urea groups is 1. The topological polar surface area (TPSA) is 78.4 Å². The fourth-order valence-electron chi connectivity index (χ4n) is 1.33. The minimum atomic E-state index is -1.06. The molecule has 2 rings (SSSR count). The second-order valence-electron chi connectivity index (χ2n) is 3.87. The number of carbonyl (C=O) groups excluding carboxylic acids is 1. The molecule has 2 amide bonds. The van der Waals surface area contributed by atoms with Gasteiger partial charge in [0.1, 0.15) is 0 Å². The number of hydrogen-bond donors (Lipinski definition) is 3. The summed E-state index contributed by atoms with van der Waals surface area (Å²) in [6.45, 7) is 0. The van der Waals surface area contributed by atoms with Crippen molar-refractivity contribution in [1.29, 1.82) is 0 Å². The van der Waals surface area contributed by atoms with Crippen LogP contribution in [0.1, 0.15) is 23.2 Å². The van der Waals surface area contributed by atoms with Crippen LogP contribution in [0.5, 0.6) is 0 Å². The number of carboxylic acid groups (broad SMARTS) is 1. The summed E-state index contributed by atoms with van der Waals surface area (Å²) in [5, 5.41) is 14.4. The smallest absolute Gasteiger partial charge is 0.335 e. The van der Waals surface area contributed by atoms with Gasteiger partial charge in [0.2, 0.25) is 0 Å². The molecule has 0 unspecified atom stereocenters. The Morgan fingerprint density at radius 2 is 2.06 bits per heavy atom. The van der Waals surface area contributed by atoms with E-state index < -0.39 is 5.97 Å². The van der Waals surface area contributed by atoms with Crippen molar-refractivity contribution in [2.24, 2.45) is 0 Å². The number of aromatic carboxylic acids is 1. The average Bonchev–Trinajstić information content (AvgIpc) is 3.04. The number of rotatable bonds is 3. The molecule has 1 aliphatic carbocycles. The van der Waals surface area contributed by atoms with Crippen molar-refractivity contribution in [3.8, 4) is 0 Å². The van der Waals surface area contributed by atoms with Gasteiger partial charge in [-0.3, -0.25) is 0 Å². The molecule has 1 aromatic rings. The van der Waals surface area contributed by atoms with Crippen molar-refractivity contribution < 1.29 is 14.7 Å². The summed E-state index contributed by atoms with van der Waals surface area (Å²) in [7, 11) is 0. The zero-order valence-corrected chi connectivity index (χ0v) is 9.62. The van der Waals surface area contributed by atoms with Gasteiger partial charge in [0.25, 0.3) is 0 Å². The summed E-state index contributed by atoms with van der Waals surface area (Å²) in [5.74, 6) is -1.06. The van der Waals surface area contributed by atoms with Crippen LogP contribution in [0.4, 0.5) is 10.5 Å². The van der Waals surface area contributed by atoms with Crippen molar-refractivity contribution in [2.75, 3.05) is 5.32 Å². The molecule has 3 N–H and O–H groups in total. The molecule has 0 spiro atoms. The largest absolute Gasteiger partial charge is 0.478 e. The highest BCUT2D eigenvalue weighted by Crippen LogP contribution is 2.24. The van der Waals surface area contributed by atoms with Crippen molar-refractivity contribution in [1.82, 2.24) is 5.32 Å². The molecule has 0 aromatic heterocycles. The van der Waals surface area contributed by atoms with Gasteiger partial charge in [0.15, 0.2) is 0 Å². The summed E-state index contributed by atoms with van der Waals surface area (Å²) in [6, 6.07) is 4.03. The number of halogens is 1. The Hall–Kier alpha value is -1.75. The van der Waals surface area contributed by atoms with E-state index in [1.54, 1.807) is 0 Å². The van der Waals surface area contributed by atoms with Crippen LogP contribution in [0.3, 0.4) is 0 Å². The maximum absolute atomic E-state index is 11.5. The number of anilines is 1. The zero-order valence-electron chi connectivity index (χ0n) is 8.87. The van der Waals surface area contributed by atoms with Gasteiger partial charge in [0, 0.05) is 6.04 Å². The highest BCUT2D eigenvalue weighted by molar-refractivity contribution is 6.33. The number of hydrogen-bond acceptors (Lipinski definition) is 2. The van der Waals surface area contributed by atoms with Gasteiger partial charge in [-0.1, -0.05) is 11.6 Å². The van der Waals surface area contributed by atoms with Crippen molar-refractivity contribution in [3.05, 3.63) is 28.8 Å². The van der Waals surface area contributed by atoms with Crippen LogP contribution in [0, 0.1) is 0 Å². The minimum Gasteiger partial charge on any atom is -0.478 e. The molecular formula is C11H11ClN2O3. The van der Waals surface area contributed by atoms with Crippen LogP contribution >= 0.6 is 11.6 Å². The quantitative estimate of drug-likeness (QED) is 0.775. The van der Waals surface area contributed by atoms with Crippen LogP contribution in [0.25, 0.3) is 0 Å². The van der Waals surface area contributed by atoms with Gasteiger partial charge in [0.05, 0.1) is 16.3 Å². The molecule has 5 nitrogen and oxygen atoms in total. The zero-order chi connectivity index (χ0) is 12.4. The van der Waals surface area contributed by atoms with E-state index in [1.165, 1.54) is 18.2 Å². The lowest BCUT2D eigenvalue weighted by Gasteiger charge is -2.08.